The predicted molar refractivity (Wildman–Crippen MR) is 126 cm³/mol. The second kappa shape index (κ2) is 10.9. The molecule has 0 bridgehead atoms. The summed E-state index contributed by atoms with van der Waals surface area (Å²) < 4.78 is 15.1. The molecule has 3 heterocycles. The molecule has 3 aromatic rings. The van der Waals surface area contributed by atoms with Crippen molar-refractivity contribution in [2.75, 3.05) is 19.6 Å². The van der Waals surface area contributed by atoms with Gasteiger partial charge in [-0.05, 0) is 55.7 Å². The van der Waals surface area contributed by atoms with Crippen molar-refractivity contribution in [3.63, 3.8) is 0 Å². The largest absolute Gasteiger partial charge is 0.341 e. The Morgan fingerprint density at radius 2 is 1.79 bits per heavy atom. The van der Waals surface area contributed by atoms with E-state index < -0.39 is 0 Å². The summed E-state index contributed by atoms with van der Waals surface area (Å²) in [5.74, 6) is -0.295. The van der Waals surface area contributed by atoms with E-state index in [-0.39, 0.29) is 30.3 Å². The zero-order valence-corrected chi connectivity index (χ0v) is 19.2. The standard InChI is InChI=1S/C25H29FN6O2/c1-2-28-25(34)29-21-9-13-31(14-10-21)24(33)17-32-22(15-18-3-5-20(26)6-4-18)16-23(30-32)19-7-11-27-12-8-19/h3-8,11-12,16,21H,2,9-10,13-15,17H2,1H3,(H2,28,29,34). The van der Waals surface area contributed by atoms with Crippen LogP contribution in [0.1, 0.15) is 31.0 Å². The Labute approximate surface area is 198 Å². The molecule has 0 aliphatic carbocycles. The van der Waals surface area contributed by atoms with Crippen LogP contribution in [0, 0.1) is 5.82 Å². The molecule has 3 amide bonds. The van der Waals surface area contributed by atoms with Gasteiger partial charge in [0.25, 0.3) is 0 Å². The molecule has 0 saturated carbocycles. The fourth-order valence-corrected chi connectivity index (χ4v) is 4.11. The molecule has 2 N–H and O–H groups in total. The lowest BCUT2D eigenvalue weighted by atomic mass is 10.1. The smallest absolute Gasteiger partial charge is 0.314 e. The van der Waals surface area contributed by atoms with E-state index in [9.17, 15) is 14.0 Å². The number of pyridine rings is 1. The summed E-state index contributed by atoms with van der Waals surface area (Å²) >= 11 is 0. The van der Waals surface area contributed by atoms with Gasteiger partial charge in [0.15, 0.2) is 0 Å². The van der Waals surface area contributed by atoms with Gasteiger partial charge in [-0.1, -0.05) is 12.1 Å². The number of benzene rings is 1. The lowest BCUT2D eigenvalue weighted by molar-refractivity contribution is -0.133. The molecule has 0 unspecified atom stereocenters. The summed E-state index contributed by atoms with van der Waals surface area (Å²) in [5.41, 5.74) is 3.49. The first kappa shape index (κ1) is 23.4. The molecule has 0 atom stereocenters. The fraction of sp³-hybridized carbons (Fsp3) is 0.360. The molecule has 1 aliphatic heterocycles. The Morgan fingerprint density at radius 3 is 2.47 bits per heavy atom. The van der Waals surface area contributed by atoms with Gasteiger partial charge in [0.2, 0.25) is 5.91 Å². The van der Waals surface area contributed by atoms with Gasteiger partial charge < -0.3 is 15.5 Å². The van der Waals surface area contributed by atoms with E-state index >= 15 is 0 Å². The molecule has 178 valence electrons. The van der Waals surface area contributed by atoms with Crippen molar-refractivity contribution in [2.45, 2.75) is 38.8 Å². The Bertz CT molecular complexity index is 1110. The van der Waals surface area contributed by atoms with E-state index in [0.29, 0.717) is 38.9 Å². The summed E-state index contributed by atoms with van der Waals surface area (Å²) in [6.45, 7) is 3.74. The summed E-state index contributed by atoms with van der Waals surface area (Å²) in [7, 11) is 0. The first-order valence-electron chi connectivity index (χ1n) is 11.6. The number of hydrogen-bond donors (Lipinski definition) is 2. The minimum Gasteiger partial charge on any atom is -0.341 e. The summed E-state index contributed by atoms with van der Waals surface area (Å²) in [5, 5.41) is 10.4. The number of carbonyl (C=O) groups is 2. The molecule has 9 heteroatoms. The van der Waals surface area contributed by atoms with Crippen LogP contribution in [-0.2, 0) is 17.8 Å². The van der Waals surface area contributed by atoms with Gasteiger partial charge >= 0.3 is 6.03 Å². The van der Waals surface area contributed by atoms with Crippen LogP contribution in [0.2, 0.25) is 0 Å². The molecule has 1 aromatic carbocycles. The molecular weight excluding hydrogens is 435 g/mol. The maximum absolute atomic E-state index is 13.3. The predicted octanol–water partition coefficient (Wildman–Crippen LogP) is 2.99. The fourth-order valence-electron chi connectivity index (χ4n) is 4.11. The number of piperidine rings is 1. The lowest BCUT2D eigenvalue weighted by Crippen LogP contribution is -2.49. The summed E-state index contributed by atoms with van der Waals surface area (Å²) in [4.78, 5) is 30.7. The molecule has 1 saturated heterocycles. The van der Waals surface area contributed by atoms with Crippen LogP contribution < -0.4 is 10.6 Å². The van der Waals surface area contributed by atoms with E-state index in [2.05, 4.69) is 15.6 Å². The van der Waals surface area contributed by atoms with Crippen LogP contribution >= 0.6 is 0 Å². The number of rotatable bonds is 7. The topological polar surface area (TPSA) is 92.2 Å². The summed E-state index contributed by atoms with van der Waals surface area (Å²) in [6, 6.07) is 12.0. The Hall–Kier alpha value is -3.75. The van der Waals surface area contributed by atoms with E-state index in [4.69, 9.17) is 5.10 Å². The van der Waals surface area contributed by atoms with Gasteiger partial charge in [0.05, 0.1) is 5.69 Å². The molecule has 2 aromatic heterocycles. The van der Waals surface area contributed by atoms with Crippen LogP contribution in [0.25, 0.3) is 11.3 Å². The third-order valence-corrected chi connectivity index (χ3v) is 5.94. The van der Waals surface area contributed by atoms with Gasteiger partial charge in [-0.15, -0.1) is 0 Å². The molecule has 0 radical (unpaired) electrons. The monoisotopic (exact) mass is 464 g/mol. The van der Waals surface area contributed by atoms with Crippen molar-refractivity contribution < 1.29 is 14.0 Å². The number of aromatic nitrogens is 3. The number of hydrogen-bond acceptors (Lipinski definition) is 4. The first-order chi connectivity index (χ1) is 16.5. The zero-order chi connectivity index (χ0) is 23.9. The molecular formula is C25H29FN6O2. The van der Waals surface area contributed by atoms with Crippen LogP contribution in [-0.4, -0.2) is 57.3 Å². The van der Waals surface area contributed by atoms with E-state index in [1.54, 1.807) is 29.2 Å². The quantitative estimate of drug-likeness (QED) is 0.562. The second-order valence-electron chi connectivity index (χ2n) is 8.38. The Kier molecular flexibility index (Phi) is 7.51. The van der Waals surface area contributed by atoms with Crippen molar-refractivity contribution in [1.82, 2.24) is 30.3 Å². The highest BCUT2D eigenvalue weighted by Gasteiger charge is 2.25. The Morgan fingerprint density at radius 1 is 1.09 bits per heavy atom. The van der Waals surface area contributed by atoms with Gasteiger partial charge in [-0.3, -0.25) is 14.5 Å². The van der Waals surface area contributed by atoms with Gasteiger partial charge in [0.1, 0.15) is 12.4 Å². The SMILES string of the molecule is CCNC(=O)NC1CCN(C(=O)Cn2nc(-c3ccncc3)cc2Cc2ccc(F)cc2)CC1. The van der Waals surface area contributed by atoms with Gasteiger partial charge in [-0.2, -0.15) is 5.10 Å². The minimum absolute atomic E-state index is 0.0128. The van der Waals surface area contributed by atoms with Crippen molar-refractivity contribution in [3.8, 4) is 11.3 Å². The van der Waals surface area contributed by atoms with Crippen molar-refractivity contribution in [2.24, 2.45) is 0 Å². The third-order valence-electron chi connectivity index (χ3n) is 5.94. The average Bonchev–Trinajstić information content (AvgIpc) is 3.24. The number of urea groups is 1. The molecule has 4 rings (SSSR count). The number of carbonyl (C=O) groups excluding carboxylic acids is 2. The maximum atomic E-state index is 13.3. The lowest BCUT2D eigenvalue weighted by Gasteiger charge is -2.32. The average molecular weight is 465 g/mol. The maximum Gasteiger partial charge on any atom is 0.314 e. The highest BCUT2D eigenvalue weighted by molar-refractivity contribution is 5.76. The van der Waals surface area contributed by atoms with Crippen LogP contribution in [0.4, 0.5) is 9.18 Å². The molecule has 34 heavy (non-hydrogen) atoms. The van der Waals surface area contributed by atoms with Gasteiger partial charge in [0, 0.05) is 55.7 Å². The first-order valence-corrected chi connectivity index (χ1v) is 11.6. The molecule has 1 fully saturated rings. The van der Waals surface area contributed by atoms with E-state index in [1.807, 2.05) is 30.0 Å². The van der Waals surface area contributed by atoms with E-state index in [1.165, 1.54) is 12.1 Å². The van der Waals surface area contributed by atoms with Crippen molar-refractivity contribution in [3.05, 3.63) is 71.9 Å². The Balaban J connectivity index is 1.45. The number of nitrogens with zero attached hydrogens (tertiary/aromatic N) is 4. The van der Waals surface area contributed by atoms with Gasteiger partial charge in [-0.25, -0.2) is 9.18 Å². The van der Waals surface area contributed by atoms with Crippen LogP contribution in [0.3, 0.4) is 0 Å². The molecule has 8 nitrogen and oxygen atoms in total. The highest BCUT2D eigenvalue weighted by atomic mass is 19.1. The number of amides is 3. The second-order valence-corrected chi connectivity index (χ2v) is 8.38. The van der Waals surface area contributed by atoms with Crippen molar-refractivity contribution >= 4 is 11.9 Å². The van der Waals surface area contributed by atoms with E-state index in [0.717, 1.165) is 22.5 Å². The molecule has 0 spiro atoms. The normalized spacial score (nSPS) is 14.1. The van der Waals surface area contributed by atoms with Crippen LogP contribution in [0.5, 0.6) is 0 Å². The minimum atomic E-state index is -0.282. The number of nitrogens with one attached hydrogen (secondary N) is 2. The molecule has 1 aliphatic rings. The highest BCUT2D eigenvalue weighted by Crippen LogP contribution is 2.21. The van der Waals surface area contributed by atoms with Crippen molar-refractivity contribution in [1.29, 1.82) is 0 Å². The van der Waals surface area contributed by atoms with Crippen LogP contribution in [0.15, 0.2) is 54.9 Å². The number of likely N-dealkylation sites (tertiary alicyclic amines) is 1. The number of halogens is 1. The zero-order valence-electron chi connectivity index (χ0n) is 19.2. The summed E-state index contributed by atoms with van der Waals surface area (Å²) in [6.07, 6.45) is 5.37. The third kappa shape index (κ3) is 5.98.